The highest BCUT2D eigenvalue weighted by Crippen LogP contribution is 2.15. The van der Waals surface area contributed by atoms with E-state index in [4.69, 9.17) is 22.7 Å². The van der Waals surface area contributed by atoms with E-state index in [1.165, 1.54) is 0 Å². The maximum absolute atomic E-state index is 5.64. The van der Waals surface area contributed by atoms with Crippen molar-refractivity contribution in [1.82, 2.24) is 4.98 Å². The molecule has 3 N–H and O–H groups in total. The third kappa shape index (κ3) is 3.38. The molecule has 4 nitrogen and oxygen atoms in total. The van der Waals surface area contributed by atoms with Gasteiger partial charge in [0.25, 0.3) is 0 Å². The second-order valence-electron chi connectivity index (χ2n) is 4.31. The van der Waals surface area contributed by atoms with E-state index >= 15 is 0 Å². The first-order chi connectivity index (χ1) is 8.15. The molecule has 1 aliphatic heterocycles. The molecule has 17 heavy (non-hydrogen) atoms. The molecular formula is C12H17N3OS. The SMILES string of the molecule is Cc1cc(C(N)=S)cc(NC2CCCOC2)n1. The van der Waals surface area contributed by atoms with Crippen LogP contribution in [0.2, 0.25) is 0 Å². The van der Waals surface area contributed by atoms with Crippen LogP contribution in [0.15, 0.2) is 12.1 Å². The fourth-order valence-electron chi connectivity index (χ4n) is 1.95. The zero-order valence-electron chi connectivity index (χ0n) is 9.90. The van der Waals surface area contributed by atoms with Gasteiger partial charge in [-0.15, -0.1) is 0 Å². The van der Waals surface area contributed by atoms with E-state index in [1.54, 1.807) is 0 Å². The Morgan fingerprint density at radius 1 is 1.59 bits per heavy atom. The topological polar surface area (TPSA) is 60.2 Å². The standard InChI is InChI=1S/C12H17N3OS/c1-8-5-9(12(13)17)6-11(14-8)15-10-3-2-4-16-7-10/h5-6,10H,2-4,7H2,1H3,(H2,13,17)(H,14,15). The Hall–Kier alpha value is -1.20. The van der Waals surface area contributed by atoms with Gasteiger partial charge in [0.2, 0.25) is 0 Å². The Bertz CT molecular complexity index is 416. The summed E-state index contributed by atoms with van der Waals surface area (Å²) in [4.78, 5) is 4.83. The summed E-state index contributed by atoms with van der Waals surface area (Å²) in [7, 11) is 0. The molecule has 0 aromatic carbocycles. The zero-order chi connectivity index (χ0) is 12.3. The lowest BCUT2D eigenvalue weighted by atomic mass is 10.1. The van der Waals surface area contributed by atoms with Crippen LogP contribution in [-0.4, -0.2) is 29.2 Å². The Labute approximate surface area is 107 Å². The number of nitrogens with one attached hydrogen (secondary N) is 1. The van der Waals surface area contributed by atoms with Gasteiger partial charge in [-0.3, -0.25) is 0 Å². The Morgan fingerprint density at radius 2 is 2.41 bits per heavy atom. The minimum atomic E-state index is 0.331. The highest BCUT2D eigenvalue weighted by molar-refractivity contribution is 7.80. The smallest absolute Gasteiger partial charge is 0.127 e. The minimum absolute atomic E-state index is 0.331. The molecule has 1 atom stereocenters. The van der Waals surface area contributed by atoms with Crippen LogP contribution < -0.4 is 11.1 Å². The van der Waals surface area contributed by atoms with E-state index in [0.29, 0.717) is 11.0 Å². The lowest BCUT2D eigenvalue weighted by Gasteiger charge is -2.23. The van der Waals surface area contributed by atoms with Gasteiger partial charge in [-0.05, 0) is 31.9 Å². The first-order valence-corrected chi connectivity index (χ1v) is 6.19. The summed E-state index contributed by atoms with van der Waals surface area (Å²) < 4.78 is 5.42. The minimum Gasteiger partial charge on any atom is -0.389 e. The molecule has 1 aromatic rings. The molecule has 0 spiro atoms. The van der Waals surface area contributed by atoms with Crippen LogP contribution in [0.25, 0.3) is 0 Å². The van der Waals surface area contributed by atoms with E-state index < -0.39 is 0 Å². The van der Waals surface area contributed by atoms with Gasteiger partial charge in [0, 0.05) is 17.9 Å². The quantitative estimate of drug-likeness (QED) is 0.799. The van der Waals surface area contributed by atoms with Crippen molar-refractivity contribution in [3.8, 4) is 0 Å². The lowest BCUT2D eigenvalue weighted by Crippen LogP contribution is -2.30. The van der Waals surface area contributed by atoms with Gasteiger partial charge in [0.05, 0.1) is 12.6 Å². The average Bonchev–Trinajstić information content (AvgIpc) is 2.29. The fourth-order valence-corrected chi connectivity index (χ4v) is 2.07. The highest BCUT2D eigenvalue weighted by Gasteiger charge is 2.14. The maximum Gasteiger partial charge on any atom is 0.127 e. The van der Waals surface area contributed by atoms with E-state index in [0.717, 1.165) is 43.1 Å². The van der Waals surface area contributed by atoms with Gasteiger partial charge in [-0.2, -0.15) is 0 Å². The Kier molecular flexibility index (Phi) is 3.91. The summed E-state index contributed by atoms with van der Waals surface area (Å²) in [6.45, 7) is 3.53. The van der Waals surface area contributed by atoms with Crippen LogP contribution in [0.4, 0.5) is 5.82 Å². The fraction of sp³-hybridized carbons (Fsp3) is 0.500. The molecule has 0 radical (unpaired) electrons. The van der Waals surface area contributed by atoms with Gasteiger partial charge in [-0.25, -0.2) is 4.98 Å². The zero-order valence-corrected chi connectivity index (χ0v) is 10.7. The monoisotopic (exact) mass is 251 g/mol. The number of aromatic nitrogens is 1. The molecule has 0 bridgehead atoms. The summed E-state index contributed by atoms with van der Waals surface area (Å²) in [5, 5.41) is 3.37. The van der Waals surface area contributed by atoms with Crippen LogP contribution >= 0.6 is 12.2 Å². The number of rotatable bonds is 3. The first kappa shape index (κ1) is 12.3. The number of thiocarbonyl (C=S) groups is 1. The van der Waals surface area contributed by atoms with E-state index in [9.17, 15) is 0 Å². The van der Waals surface area contributed by atoms with Crippen molar-refractivity contribution in [2.24, 2.45) is 5.73 Å². The highest BCUT2D eigenvalue weighted by atomic mass is 32.1. The second-order valence-corrected chi connectivity index (χ2v) is 4.74. The molecule has 1 fully saturated rings. The van der Waals surface area contributed by atoms with E-state index in [-0.39, 0.29) is 0 Å². The summed E-state index contributed by atoms with van der Waals surface area (Å²) in [5.41, 5.74) is 7.40. The number of ether oxygens (including phenoxy) is 1. The number of aryl methyl sites for hydroxylation is 1. The van der Waals surface area contributed by atoms with Gasteiger partial charge < -0.3 is 15.8 Å². The van der Waals surface area contributed by atoms with Crippen LogP contribution in [0.1, 0.15) is 24.1 Å². The average molecular weight is 251 g/mol. The predicted molar refractivity (Wildman–Crippen MR) is 72.3 cm³/mol. The predicted octanol–water partition coefficient (Wildman–Crippen LogP) is 1.62. The van der Waals surface area contributed by atoms with Gasteiger partial charge in [0.15, 0.2) is 0 Å². The van der Waals surface area contributed by atoms with Gasteiger partial charge >= 0.3 is 0 Å². The lowest BCUT2D eigenvalue weighted by molar-refractivity contribution is 0.0875. The number of anilines is 1. The molecule has 0 amide bonds. The number of pyridine rings is 1. The molecule has 2 heterocycles. The summed E-state index contributed by atoms with van der Waals surface area (Å²) >= 11 is 4.98. The molecule has 2 rings (SSSR count). The normalized spacial score (nSPS) is 19.9. The van der Waals surface area contributed by atoms with Gasteiger partial charge in [-0.1, -0.05) is 12.2 Å². The molecular weight excluding hydrogens is 234 g/mol. The number of nitrogens with zero attached hydrogens (tertiary/aromatic N) is 1. The van der Waals surface area contributed by atoms with Crippen LogP contribution in [0, 0.1) is 6.92 Å². The van der Waals surface area contributed by atoms with Crippen molar-refractivity contribution in [2.75, 3.05) is 18.5 Å². The Morgan fingerprint density at radius 3 is 3.06 bits per heavy atom. The summed E-state index contributed by atoms with van der Waals surface area (Å²) in [6.07, 6.45) is 2.20. The molecule has 1 aromatic heterocycles. The Balaban J connectivity index is 2.11. The van der Waals surface area contributed by atoms with Crippen molar-refractivity contribution in [3.05, 3.63) is 23.4 Å². The first-order valence-electron chi connectivity index (χ1n) is 5.78. The largest absolute Gasteiger partial charge is 0.389 e. The number of hydrogen-bond donors (Lipinski definition) is 2. The number of nitrogens with two attached hydrogens (primary N) is 1. The summed E-state index contributed by atoms with van der Waals surface area (Å²) in [5.74, 6) is 0.823. The van der Waals surface area contributed by atoms with Crippen LogP contribution in [0.3, 0.4) is 0 Å². The molecule has 0 saturated carbocycles. The molecule has 0 aliphatic carbocycles. The van der Waals surface area contributed by atoms with E-state index in [1.807, 2.05) is 19.1 Å². The van der Waals surface area contributed by atoms with Gasteiger partial charge in [0.1, 0.15) is 10.8 Å². The molecule has 1 unspecified atom stereocenters. The maximum atomic E-state index is 5.64. The second kappa shape index (κ2) is 5.42. The van der Waals surface area contributed by atoms with Crippen molar-refractivity contribution in [3.63, 3.8) is 0 Å². The third-order valence-electron chi connectivity index (χ3n) is 2.75. The van der Waals surface area contributed by atoms with E-state index in [2.05, 4.69) is 10.3 Å². The van der Waals surface area contributed by atoms with Crippen molar-refractivity contribution in [2.45, 2.75) is 25.8 Å². The van der Waals surface area contributed by atoms with Crippen LogP contribution in [0.5, 0.6) is 0 Å². The van der Waals surface area contributed by atoms with Crippen LogP contribution in [-0.2, 0) is 4.74 Å². The van der Waals surface area contributed by atoms with Crippen molar-refractivity contribution >= 4 is 23.0 Å². The molecule has 92 valence electrons. The third-order valence-corrected chi connectivity index (χ3v) is 2.99. The van der Waals surface area contributed by atoms with Crippen molar-refractivity contribution in [1.29, 1.82) is 0 Å². The summed E-state index contributed by atoms with van der Waals surface area (Å²) in [6, 6.07) is 4.12. The molecule has 5 heteroatoms. The number of hydrogen-bond acceptors (Lipinski definition) is 4. The molecule has 1 saturated heterocycles. The molecule has 1 aliphatic rings. The van der Waals surface area contributed by atoms with Crippen molar-refractivity contribution < 1.29 is 4.74 Å².